The van der Waals surface area contributed by atoms with Gasteiger partial charge in [-0.1, -0.05) is 0 Å². The number of carboxylic acids is 2. The minimum atomic E-state index is -1.29. The molecule has 9 heteroatoms. The summed E-state index contributed by atoms with van der Waals surface area (Å²) in [6.45, 7) is 0.491. The Balaban J connectivity index is 2.18. The Bertz CT molecular complexity index is 494. The number of hydrogen-bond acceptors (Lipinski definition) is 5. The van der Waals surface area contributed by atoms with E-state index in [0.717, 1.165) is 4.90 Å². The van der Waals surface area contributed by atoms with Gasteiger partial charge in [-0.3, -0.25) is 19.2 Å². The van der Waals surface area contributed by atoms with Crippen molar-refractivity contribution in [2.45, 2.75) is 30.7 Å². The lowest BCUT2D eigenvalue weighted by atomic mass is 10.2. The summed E-state index contributed by atoms with van der Waals surface area (Å²) in [5, 5.41) is 17.6. The van der Waals surface area contributed by atoms with Gasteiger partial charge in [0.1, 0.15) is 19.1 Å². The molecule has 2 rings (SSSR count). The van der Waals surface area contributed by atoms with Gasteiger partial charge in [0.25, 0.3) is 0 Å². The molecule has 116 valence electrons. The van der Waals surface area contributed by atoms with E-state index < -0.39 is 41.8 Å². The summed E-state index contributed by atoms with van der Waals surface area (Å²) in [6, 6.07) is -0.784. The van der Waals surface area contributed by atoms with Gasteiger partial charge >= 0.3 is 11.9 Å². The van der Waals surface area contributed by atoms with Crippen molar-refractivity contribution >= 4 is 35.5 Å². The van der Waals surface area contributed by atoms with Crippen molar-refractivity contribution < 1.29 is 29.4 Å². The van der Waals surface area contributed by atoms with Crippen molar-refractivity contribution in [1.82, 2.24) is 9.80 Å². The van der Waals surface area contributed by atoms with Crippen LogP contribution in [0.4, 0.5) is 0 Å². The summed E-state index contributed by atoms with van der Waals surface area (Å²) in [7, 11) is 0. The zero-order valence-corrected chi connectivity index (χ0v) is 12.3. The average molecular weight is 316 g/mol. The van der Waals surface area contributed by atoms with Crippen molar-refractivity contribution in [2.24, 2.45) is 0 Å². The molecule has 0 spiro atoms. The zero-order chi connectivity index (χ0) is 15.8. The third kappa shape index (κ3) is 2.97. The normalized spacial score (nSPS) is 27.6. The van der Waals surface area contributed by atoms with Gasteiger partial charge in [0.15, 0.2) is 0 Å². The molecular formula is C12H16N2O6S. The summed E-state index contributed by atoms with van der Waals surface area (Å²) < 4.78 is 0. The maximum absolute atomic E-state index is 12.4. The summed E-state index contributed by atoms with van der Waals surface area (Å²) in [5.74, 6) is -2.98. The lowest BCUT2D eigenvalue weighted by molar-refractivity contribution is -0.152. The van der Waals surface area contributed by atoms with Crippen molar-refractivity contribution in [1.29, 1.82) is 0 Å². The highest BCUT2D eigenvalue weighted by atomic mass is 32.2. The van der Waals surface area contributed by atoms with E-state index in [-0.39, 0.29) is 5.91 Å². The number of fused-ring (bicyclic) bond motifs is 1. The first kappa shape index (κ1) is 15.6. The maximum atomic E-state index is 12.4. The fourth-order valence-corrected chi connectivity index (χ4v) is 4.18. The Morgan fingerprint density at radius 1 is 1.33 bits per heavy atom. The minimum Gasteiger partial charge on any atom is -0.480 e. The van der Waals surface area contributed by atoms with Crippen molar-refractivity contribution in [3.8, 4) is 0 Å². The van der Waals surface area contributed by atoms with Gasteiger partial charge in [-0.2, -0.15) is 0 Å². The van der Waals surface area contributed by atoms with Crippen LogP contribution in [0.2, 0.25) is 0 Å². The SMILES string of the molecule is CC12CCC(=O)N1C(C(=O)N(CC(=O)O)CC(=O)O)CS2. The lowest BCUT2D eigenvalue weighted by Gasteiger charge is -2.32. The number of carbonyl (C=O) groups excluding carboxylic acids is 2. The first-order valence-electron chi connectivity index (χ1n) is 6.43. The Morgan fingerprint density at radius 2 is 1.90 bits per heavy atom. The van der Waals surface area contributed by atoms with Crippen LogP contribution in [-0.4, -0.2) is 73.5 Å². The van der Waals surface area contributed by atoms with Crippen LogP contribution in [0.25, 0.3) is 0 Å². The Kier molecular flexibility index (Phi) is 4.13. The summed E-state index contributed by atoms with van der Waals surface area (Å²) >= 11 is 1.47. The number of carboxylic acid groups (broad SMARTS) is 2. The fraction of sp³-hybridized carbons (Fsp3) is 0.667. The van der Waals surface area contributed by atoms with Gasteiger partial charge in [0.05, 0.1) is 4.87 Å². The van der Waals surface area contributed by atoms with E-state index in [1.54, 1.807) is 0 Å². The number of carbonyl (C=O) groups is 4. The predicted molar refractivity (Wildman–Crippen MR) is 72.6 cm³/mol. The molecule has 0 aromatic rings. The second kappa shape index (κ2) is 5.55. The fourth-order valence-electron chi connectivity index (χ4n) is 2.75. The van der Waals surface area contributed by atoms with Gasteiger partial charge < -0.3 is 20.0 Å². The molecule has 2 unspecified atom stereocenters. The average Bonchev–Trinajstić information content (AvgIpc) is 2.84. The van der Waals surface area contributed by atoms with E-state index >= 15 is 0 Å². The third-order valence-corrected chi connectivity index (χ3v) is 5.20. The molecule has 2 saturated heterocycles. The molecule has 8 nitrogen and oxygen atoms in total. The van der Waals surface area contributed by atoms with E-state index in [4.69, 9.17) is 10.2 Å². The standard InChI is InChI=1S/C12H16N2O6S/c1-12-3-2-8(15)14(12)7(6-21-12)11(20)13(4-9(16)17)5-10(18)19/h7H,2-6H2,1H3,(H,16,17)(H,18,19). The van der Waals surface area contributed by atoms with Crippen molar-refractivity contribution in [3.63, 3.8) is 0 Å². The molecule has 2 atom stereocenters. The number of rotatable bonds is 5. The number of hydrogen-bond donors (Lipinski definition) is 2. The van der Waals surface area contributed by atoms with Gasteiger partial charge in [-0.15, -0.1) is 11.8 Å². The number of amides is 2. The van der Waals surface area contributed by atoms with Crippen LogP contribution in [0.1, 0.15) is 19.8 Å². The predicted octanol–water partition coefficient (Wildman–Crippen LogP) is -0.562. The van der Waals surface area contributed by atoms with Crippen molar-refractivity contribution in [2.75, 3.05) is 18.8 Å². The Labute approximate surface area is 125 Å². The first-order chi connectivity index (χ1) is 9.74. The number of thioether (sulfide) groups is 1. The van der Waals surface area contributed by atoms with Gasteiger partial charge in [-0.25, -0.2) is 0 Å². The van der Waals surface area contributed by atoms with Gasteiger partial charge in [-0.05, 0) is 13.3 Å². The van der Waals surface area contributed by atoms with Gasteiger partial charge in [0, 0.05) is 12.2 Å². The highest BCUT2D eigenvalue weighted by Crippen LogP contribution is 2.47. The molecule has 2 aliphatic heterocycles. The van der Waals surface area contributed by atoms with E-state index in [9.17, 15) is 19.2 Å². The molecule has 2 N–H and O–H groups in total. The Hall–Kier alpha value is -1.77. The summed E-state index contributed by atoms with van der Waals surface area (Å²) in [4.78, 5) is 47.8. The maximum Gasteiger partial charge on any atom is 0.323 e. The van der Waals surface area contributed by atoms with Gasteiger partial charge in [0.2, 0.25) is 11.8 Å². The van der Waals surface area contributed by atoms with Crippen LogP contribution in [-0.2, 0) is 19.2 Å². The largest absolute Gasteiger partial charge is 0.480 e. The van der Waals surface area contributed by atoms with E-state index in [1.165, 1.54) is 16.7 Å². The monoisotopic (exact) mass is 316 g/mol. The topological polar surface area (TPSA) is 115 Å². The molecule has 0 aromatic heterocycles. The van der Waals surface area contributed by atoms with Crippen LogP contribution < -0.4 is 0 Å². The molecule has 2 amide bonds. The third-order valence-electron chi connectivity index (χ3n) is 3.69. The van der Waals surface area contributed by atoms with E-state index in [0.29, 0.717) is 18.6 Å². The highest BCUT2D eigenvalue weighted by molar-refractivity contribution is 8.01. The van der Waals surface area contributed by atoms with Crippen LogP contribution in [0.3, 0.4) is 0 Å². The molecule has 0 radical (unpaired) electrons. The van der Waals surface area contributed by atoms with Crippen LogP contribution in [0, 0.1) is 0 Å². The molecule has 2 aliphatic rings. The van der Waals surface area contributed by atoms with E-state index in [2.05, 4.69) is 0 Å². The Morgan fingerprint density at radius 3 is 2.43 bits per heavy atom. The minimum absolute atomic E-state index is 0.147. The molecular weight excluding hydrogens is 300 g/mol. The zero-order valence-electron chi connectivity index (χ0n) is 11.4. The smallest absolute Gasteiger partial charge is 0.323 e. The van der Waals surface area contributed by atoms with Crippen LogP contribution in [0.5, 0.6) is 0 Å². The first-order valence-corrected chi connectivity index (χ1v) is 7.41. The van der Waals surface area contributed by atoms with E-state index in [1.807, 2.05) is 6.92 Å². The highest BCUT2D eigenvalue weighted by Gasteiger charge is 2.53. The molecule has 0 saturated carbocycles. The summed E-state index contributed by atoms with van der Waals surface area (Å²) in [5.41, 5.74) is 0. The van der Waals surface area contributed by atoms with Crippen molar-refractivity contribution in [3.05, 3.63) is 0 Å². The molecule has 2 fully saturated rings. The second-order valence-corrected chi connectivity index (χ2v) is 6.75. The summed E-state index contributed by atoms with van der Waals surface area (Å²) in [6.07, 6.45) is 0.989. The quantitative estimate of drug-likeness (QED) is 0.698. The molecule has 0 aromatic carbocycles. The molecule has 2 heterocycles. The lowest BCUT2D eigenvalue weighted by Crippen LogP contribution is -2.53. The molecule has 21 heavy (non-hydrogen) atoms. The number of aliphatic carboxylic acids is 2. The second-order valence-electron chi connectivity index (χ2n) is 5.25. The number of nitrogens with zero attached hydrogens (tertiary/aromatic N) is 2. The molecule has 0 aliphatic carbocycles. The molecule has 0 bridgehead atoms. The van der Waals surface area contributed by atoms with Crippen LogP contribution in [0.15, 0.2) is 0 Å². The van der Waals surface area contributed by atoms with Crippen LogP contribution >= 0.6 is 11.8 Å².